The van der Waals surface area contributed by atoms with Crippen molar-refractivity contribution in [1.82, 2.24) is 0 Å². The first-order chi connectivity index (χ1) is 10.8. The molecular weight excluding hydrogens is 288 g/mol. The maximum Gasteiger partial charge on any atom is 0.162 e. The zero-order valence-corrected chi connectivity index (χ0v) is 15.1. The van der Waals surface area contributed by atoms with Crippen molar-refractivity contribution >= 4 is 5.78 Å². The summed E-state index contributed by atoms with van der Waals surface area (Å²) in [4.78, 5) is 17.4. The molecule has 0 heterocycles. The summed E-state index contributed by atoms with van der Waals surface area (Å²) < 4.78 is 0. The van der Waals surface area contributed by atoms with Crippen molar-refractivity contribution in [1.29, 1.82) is 0 Å². The van der Waals surface area contributed by atoms with Gasteiger partial charge in [-0.2, -0.15) is 0 Å². The maximum atomic E-state index is 12.7. The predicted octanol–water partition coefficient (Wildman–Crippen LogP) is 5.10. The van der Waals surface area contributed by atoms with E-state index >= 15 is 0 Å². The Balaban J connectivity index is 2.42. The van der Waals surface area contributed by atoms with Crippen molar-refractivity contribution in [2.45, 2.75) is 66.4 Å². The van der Waals surface area contributed by atoms with Gasteiger partial charge < -0.3 is 0 Å². The highest BCUT2D eigenvalue weighted by atomic mass is 17.1. The van der Waals surface area contributed by atoms with Gasteiger partial charge in [-0.15, -0.1) is 0 Å². The molecule has 0 aromatic heterocycles. The van der Waals surface area contributed by atoms with Gasteiger partial charge >= 0.3 is 0 Å². The fourth-order valence-electron chi connectivity index (χ4n) is 3.81. The molecule has 0 radical (unpaired) electrons. The van der Waals surface area contributed by atoms with Gasteiger partial charge in [0.05, 0.1) is 0 Å². The van der Waals surface area contributed by atoms with Gasteiger partial charge in [-0.25, -0.2) is 4.89 Å². The summed E-state index contributed by atoms with van der Waals surface area (Å²) in [7, 11) is 0. The predicted molar refractivity (Wildman–Crippen MR) is 93.0 cm³/mol. The third kappa shape index (κ3) is 3.67. The average Bonchev–Trinajstić information content (AvgIpc) is 2.74. The summed E-state index contributed by atoms with van der Waals surface area (Å²) in [5.74, 6) is 0.863. The molecule has 0 amide bonds. The van der Waals surface area contributed by atoms with Crippen LogP contribution in [-0.2, 0) is 9.68 Å². The first kappa shape index (κ1) is 18.2. The zero-order chi connectivity index (χ0) is 17.2. The van der Waals surface area contributed by atoms with Gasteiger partial charge in [-0.1, -0.05) is 44.1 Å². The zero-order valence-electron chi connectivity index (χ0n) is 15.1. The van der Waals surface area contributed by atoms with Crippen LogP contribution in [0.4, 0.5) is 0 Å². The number of carbonyl (C=O) groups excluding carboxylic acids is 1. The van der Waals surface area contributed by atoms with E-state index in [2.05, 4.69) is 44.7 Å². The molecular formula is C20H30O3. The molecule has 23 heavy (non-hydrogen) atoms. The van der Waals surface area contributed by atoms with Crippen LogP contribution >= 0.6 is 0 Å². The van der Waals surface area contributed by atoms with Crippen molar-refractivity contribution < 1.29 is 14.9 Å². The first-order valence-corrected chi connectivity index (χ1v) is 8.68. The molecule has 3 atom stereocenters. The fraction of sp³-hybridized carbons (Fsp3) is 0.650. The van der Waals surface area contributed by atoms with E-state index in [0.717, 1.165) is 31.3 Å². The number of fused-ring (bicyclic) bond motifs is 1. The smallest absolute Gasteiger partial charge is 0.162 e. The summed E-state index contributed by atoms with van der Waals surface area (Å²) in [6.45, 7) is 10.5. The Morgan fingerprint density at radius 2 is 2.00 bits per heavy atom. The van der Waals surface area contributed by atoms with Gasteiger partial charge in [-0.05, 0) is 63.0 Å². The third-order valence-corrected chi connectivity index (χ3v) is 5.68. The SMILES string of the molecule is C/C1=C/C[C@]2(C)C(=O)C=C(C(C)C)[C@H]2C/C=C(/C)[C@H](OO)CC1. The number of carbonyl (C=O) groups is 1. The fourth-order valence-corrected chi connectivity index (χ4v) is 3.81. The lowest BCUT2D eigenvalue weighted by molar-refractivity contribution is -0.269. The molecule has 2 aliphatic carbocycles. The lowest BCUT2D eigenvalue weighted by Gasteiger charge is -2.32. The number of hydrogen-bond acceptors (Lipinski definition) is 3. The van der Waals surface area contributed by atoms with Gasteiger partial charge in [0, 0.05) is 5.41 Å². The summed E-state index contributed by atoms with van der Waals surface area (Å²) in [6, 6.07) is 0. The highest BCUT2D eigenvalue weighted by molar-refractivity contribution is 5.98. The summed E-state index contributed by atoms with van der Waals surface area (Å²) in [6.07, 6.45) is 9.23. The standard InChI is InChI=1S/C20H30O3/c1-13(2)16-12-19(21)20(5)11-10-14(3)6-9-18(23-22)15(4)7-8-17(16)20/h7,10,12-13,17-18,22H,6,8-9,11H2,1-5H3/b14-10-,15-7-/t17-,18-,20+/m1/s1. The highest BCUT2D eigenvalue weighted by Gasteiger charge is 2.46. The molecule has 2 aliphatic rings. The molecule has 0 aromatic carbocycles. The minimum Gasteiger partial charge on any atom is -0.294 e. The van der Waals surface area contributed by atoms with E-state index < -0.39 is 0 Å². The van der Waals surface area contributed by atoms with E-state index in [-0.39, 0.29) is 23.2 Å². The van der Waals surface area contributed by atoms with Gasteiger partial charge in [0.1, 0.15) is 6.10 Å². The molecule has 0 saturated carbocycles. The van der Waals surface area contributed by atoms with Crippen LogP contribution in [0, 0.1) is 17.3 Å². The quantitative estimate of drug-likeness (QED) is 0.438. The van der Waals surface area contributed by atoms with Crippen molar-refractivity contribution in [3.63, 3.8) is 0 Å². The lowest BCUT2D eigenvalue weighted by atomic mass is 9.70. The van der Waals surface area contributed by atoms with Crippen molar-refractivity contribution in [3.05, 3.63) is 34.9 Å². The van der Waals surface area contributed by atoms with Crippen LogP contribution in [0.2, 0.25) is 0 Å². The molecule has 0 bridgehead atoms. The minimum absolute atomic E-state index is 0.228. The first-order valence-electron chi connectivity index (χ1n) is 8.68. The van der Waals surface area contributed by atoms with E-state index in [0.29, 0.717) is 5.92 Å². The number of allylic oxidation sites excluding steroid dienone is 5. The number of rotatable bonds is 2. The lowest BCUT2D eigenvalue weighted by Crippen LogP contribution is -2.31. The van der Waals surface area contributed by atoms with Gasteiger partial charge in [0.15, 0.2) is 5.78 Å². The van der Waals surface area contributed by atoms with Crippen molar-refractivity contribution in [2.24, 2.45) is 17.3 Å². The third-order valence-electron chi connectivity index (χ3n) is 5.68. The van der Waals surface area contributed by atoms with E-state index in [9.17, 15) is 10.1 Å². The van der Waals surface area contributed by atoms with Crippen LogP contribution in [-0.4, -0.2) is 17.1 Å². The molecule has 0 saturated heterocycles. The number of ketones is 1. The summed E-state index contributed by atoms with van der Waals surface area (Å²) >= 11 is 0. The molecule has 3 heteroatoms. The largest absolute Gasteiger partial charge is 0.294 e. The molecule has 0 aliphatic heterocycles. The van der Waals surface area contributed by atoms with Crippen LogP contribution in [0.15, 0.2) is 34.9 Å². The van der Waals surface area contributed by atoms with E-state index in [1.54, 1.807) is 0 Å². The Kier molecular flexibility index (Phi) is 5.64. The van der Waals surface area contributed by atoms with Gasteiger partial charge in [-0.3, -0.25) is 10.1 Å². The molecule has 0 spiro atoms. The summed E-state index contributed by atoms with van der Waals surface area (Å²) in [5.41, 5.74) is 3.21. The van der Waals surface area contributed by atoms with E-state index in [4.69, 9.17) is 0 Å². The maximum absolute atomic E-state index is 12.7. The second-order valence-corrected chi connectivity index (χ2v) is 7.70. The second-order valence-electron chi connectivity index (χ2n) is 7.70. The normalized spacial score (nSPS) is 37.3. The summed E-state index contributed by atoms with van der Waals surface area (Å²) in [5, 5.41) is 9.19. The van der Waals surface area contributed by atoms with Crippen LogP contribution < -0.4 is 0 Å². The molecule has 1 N–H and O–H groups in total. The average molecular weight is 318 g/mol. The van der Waals surface area contributed by atoms with Crippen LogP contribution in [0.3, 0.4) is 0 Å². The Hall–Kier alpha value is -1.19. The van der Waals surface area contributed by atoms with E-state index in [1.807, 2.05) is 13.0 Å². The molecule has 0 fully saturated rings. The topological polar surface area (TPSA) is 46.5 Å². The highest BCUT2D eigenvalue weighted by Crippen LogP contribution is 2.48. The molecule has 2 rings (SSSR count). The van der Waals surface area contributed by atoms with Crippen LogP contribution in [0.1, 0.15) is 60.3 Å². The Morgan fingerprint density at radius 1 is 1.30 bits per heavy atom. The van der Waals surface area contributed by atoms with Crippen LogP contribution in [0.25, 0.3) is 0 Å². The van der Waals surface area contributed by atoms with Gasteiger partial charge in [0.25, 0.3) is 0 Å². The van der Waals surface area contributed by atoms with Crippen LogP contribution in [0.5, 0.6) is 0 Å². The minimum atomic E-state index is -0.350. The Morgan fingerprint density at radius 3 is 2.61 bits per heavy atom. The molecule has 3 nitrogen and oxygen atoms in total. The number of hydrogen-bond donors (Lipinski definition) is 1. The molecule has 0 unspecified atom stereocenters. The Bertz CT molecular complexity index is 553. The molecule has 128 valence electrons. The van der Waals surface area contributed by atoms with Crippen molar-refractivity contribution in [2.75, 3.05) is 0 Å². The monoisotopic (exact) mass is 318 g/mol. The van der Waals surface area contributed by atoms with Gasteiger partial charge in [0.2, 0.25) is 0 Å². The van der Waals surface area contributed by atoms with Crippen molar-refractivity contribution in [3.8, 4) is 0 Å². The Labute approximate surface area is 140 Å². The second kappa shape index (κ2) is 7.14. The molecule has 0 aromatic rings. The van der Waals surface area contributed by atoms with E-state index in [1.165, 1.54) is 11.1 Å².